The number of allylic oxidation sites excluding steroid dienone is 1. The van der Waals surface area contributed by atoms with Gasteiger partial charge in [0.1, 0.15) is 0 Å². The summed E-state index contributed by atoms with van der Waals surface area (Å²) in [5.41, 5.74) is 5.78. The molecular formula is C28H35NO. The minimum Gasteiger partial charge on any atom is -0.326 e. The topological polar surface area (TPSA) is 29.1 Å². The maximum atomic E-state index is 12.5. The van der Waals surface area contributed by atoms with Gasteiger partial charge in [-0.15, -0.1) is 0 Å². The Balaban J connectivity index is 1.68. The highest BCUT2D eigenvalue weighted by Gasteiger charge is 2.38. The third kappa shape index (κ3) is 3.97. The van der Waals surface area contributed by atoms with Crippen molar-refractivity contribution in [1.82, 2.24) is 0 Å². The van der Waals surface area contributed by atoms with Crippen LogP contribution in [0.3, 0.4) is 0 Å². The van der Waals surface area contributed by atoms with E-state index in [0.717, 1.165) is 17.5 Å². The van der Waals surface area contributed by atoms with Crippen LogP contribution in [0.25, 0.3) is 6.08 Å². The molecule has 1 aliphatic heterocycles. The standard InChI is InChI=1S/C28H35NO/c1-19-6-9-23(10-7-19)28(5)18-26(30)29-25-11-8-22(16-24(25)28)13-15-27(4)14-12-20(2)21(3)17-27/h6-11,13,15-16,20-21H,12,14,17-18H2,1-5H3,(H,29,30)/b15-13+/t20-,21-,27-,28+/m0/s1. The Morgan fingerprint density at radius 1 is 1.03 bits per heavy atom. The van der Waals surface area contributed by atoms with Crippen LogP contribution in [0.4, 0.5) is 5.69 Å². The van der Waals surface area contributed by atoms with Gasteiger partial charge in [-0.2, -0.15) is 0 Å². The molecule has 1 saturated carbocycles. The smallest absolute Gasteiger partial charge is 0.225 e. The molecular weight excluding hydrogens is 366 g/mol. The van der Waals surface area contributed by atoms with Crippen LogP contribution in [0.2, 0.25) is 0 Å². The summed E-state index contributed by atoms with van der Waals surface area (Å²) in [7, 11) is 0. The van der Waals surface area contributed by atoms with E-state index in [1.54, 1.807) is 0 Å². The van der Waals surface area contributed by atoms with Gasteiger partial charge in [0.25, 0.3) is 0 Å². The van der Waals surface area contributed by atoms with Gasteiger partial charge in [-0.1, -0.05) is 75.7 Å². The van der Waals surface area contributed by atoms with E-state index in [4.69, 9.17) is 0 Å². The molecule has 0 radical (unpaired) electrons. The van der Waals surface area contributed by atoms with Crippen molar-refractivity contribution in [3.05, 3.63) is 70.8 Å². The highest BCUT2D eigenvalue weighted by Crippen LogP contribution is 2.45. The van der Waals surface area contributed by atoms with Crippen LogP contribution in [-0.2, 0) is 10.2 Å². The predicted molar refractivity (Wildman–Crippen MR) is 127 cm³/mol. The van der Waals surface area contributed by atoms with Crippen molar-refractivity contribution >= 4 is 17.7 Å². The van der Waals surface area contributed by atoms with E-state index in [-0.39, 0.29) is 16.7 Å². The first kappa shape index (κ1) is 20.9. The molecule has 0 unspecified atom stereocenters. The first-order valence-electron chi connectivity index (χ1n) is 11.4. The number of benzene rings is 2. The second-order valence-electron chi connectivity index (χ2n) is 10.4. The molecule has 0 spiro atoms. The monoisotopic (exact) mass is 401 g/mol. The quantitative estimate of drug-likeness (QED) is 0.583. The highest BCUT2D eigenvalue weighted by atomic mass is 16.1. The minimum absolute atomic E-state index is 0.0895. The van der Waals surface area contributed by atoms with Gasteiger partial charge in [0.05, 0.1) is 0 Å². The first-order chi connectivity index (χ1) is 14.2. The summed E-state index contributed by atoms with van der Waals surface area (Å²) < 4.78 is 0. The molecule has 4 rings (SSSR count). The van der Waals surface area contributed by atoms with Gasteiger partial charge < -0.3 is 5.32 Å². The minimum atomic E-state index is -0.312. The molecule has 0 bridgehead atoms. The average Bonchev–Trinajstić information content (AvgIpc) is 2.70. The Kier molecular flexibility index (Phi) is 5.38. The van der Waals surface area contributed by atoms with Crippen LogP contribution in [0.15, 0.2) is 48.5 Å². The number of anilines is 1. The molecule has 2 aliphatic rings. The number of carbonyl (C=O) groups excluding carboxylic acids is 1. The third-order valence-corrected chi connectivity index (χ3v) is 7.72. The number of hydrogen-bond acceptors (Lipinski definition) is 1. The van der Waals surface area contributed by atoms with Crippen molar-refractivity contribution < 1.29 is 4.79 Å². The van der Waals surface area contributed by atoms with Gasteiger partial charge in [0, 0.05) is 17.5 Å². The van der Waals surface area contributed by atoms with Crippen LogP contribution in [-0.4, -0.2) is 5.91 Å². The third-order valence-electron chi connectivity index (χ3n) is 7.72. The molecule has 0 aromatic heterocycles. The molecule has 30 heavy (non-hydrogen) atoms. The largest absolute Gasteiger partial charge is 0.326 e. The Hall–Kier alpha value is -2.35. The summed E-state index contributed by atoms with van der Waals surface area (Å²) in [6.07, 6.45) is 9.04. The van der Waals surface area contributed by atoms with Gasteiger partial charge in [-0.25, -0.2) is 0 Å². The lowest BCUT2D eigenvalue weighted by atomic mass is 9.67. The SMILES string of the molecule is Cc1ccc([C@@]2(C)CC(=O)Nc3ccc(/C=C/[C@]4(C)CC[C@H](C)[C@@H](C)C4)cc32)cc1. The lowest BCUT2D eigenvalue weighted by Crippen LogP contribution is -2.36. The van der Waals surface area contributed by atoms with Gasteiger partial charge in [-0.05, 0) is 72.3 Å². The molecule has 1 N–H and O–H groups in total. The fourth-order valence-electron chi connectivity index (χ4n) is 5.35. The van der Waals surface area contributed by atoms with E-state index in [2.05, 4.69) is 94.6 Å². The zero-order chi connectivity index (χ0) is 21.5. The molecule has 1 amide bonds. The van der Waals surface area contributed by atoms with Crippen molar-refractivity contribution in [3.63, 3.8) is 0 Å². The molecule has 2 nitrogen and oxygen atoms in total. The normalized spacial score (nSPS) is 31.4. The van der Waals surface area contributed by atoms with E-state index < -0.39 is 0 Å². The zero-order valence-electron chi connectivity index (χ0n) is 19.1. The number of fused-ring (bicyclic) bond motifs is 1. The lowest BCUT2D eigenvalue weighted by Gasteiger charge is -2.38. The Labute approximate surface area is 181 Å². The average molecular weight is 402 g/mol. The molecule has 1 heterocycles. The van der Waals surface area contributed by atoms with Crippen LogP contribution < -0.4 is 5.32 Å². The second kappa shape index (κ2) is 7.72. The van der Waals surface area contributed by atoms with E-state index >= 15 is 0 Å². The molecule has 1 fully saturated rings. The maximum Gasteiger partial charge on any atom is 0.225 e. The fraction of sp³-hybridized carbons (Fsp3) is 0.464. The number of rotatable bonds is 3. The van der Waals surface area contributed by atoms with E-state index in [1.807, 2.05) is 0 Å². The Bertz CT molecular complexity index is 973. The lowest BCUT2D eigenvalue weighted by molar-refractivity contribution is -0.117. The zero-order valence-corrected chi connectivity index (χ0v) is 19.1. The first-order valence-corrected chi connectivity index (χ1v) is 11.4. The number of hydrogen-bond donors (Lipinski definition) is 1. The Morgan fingerprint density at radius 3 is 2.47 bits per heavy atom. The number of aryl methyl sites for hydroxylation is 1. The summed E-state index contributed by atoms with van der Waals surface area (Å²) in [6.45, 7) is 11.5. The fourth-order valence-corrected chi connectivity index (χ4v) is 5.35. The number of amides is 1. The molecule has 1 aliphatic carbocycles. The predicted octanol–water partition coefficient (Wildman–Crippen LogP) is 7.12. The van der Waals surface area contributed by atoms with Crippen LogP contribution in [0.5, 0.6) is 0 Å². The summed E-state index contributed by atoms with van der Waals surface area (Å²) in [6, 6.07) is 15.1. The molecule has 2 aromatic carbocycles. The van der Waals surface area contributed by atoms with Gasteiger partial charge >= 0.3 is 0 Å². The van der Waals surface area contributed by atoms with Crippen LogP contribution >= 0.6 is 0 Å². The van der Waals surface area contributed by atoms with Crippen LogP contribution in [0, 0.1) is 24.2 Å². The number of carbonyl (C=O) groups is 1. The van der Waals surface area contributed by atoms with Crippen LogP contribution in [0.1, 0.15) is 75.6 Å². The highest BCUT2D eigenvalue weighted by molar-refractivity contribution is 5.96. The van der Waals surface area contributed by atoms with Crippen molar-refractivity contribution in [2.24, 2.45) is 17.3 Å². The summed E-state index contributed by atoms with van der Waals surface area (Å²) in [5, 5.41) is 3.08. The van der Waals surface area contributed by atoms with Gasteiger partial charge in [0.15, 0.2) is 0 Å². The molecule has 158 valence electrons. The second-order valence-corrected chi connectivity index (χ2v) is 10.4. The number of nitrogens with one attached hydrogen (secondary N) is 1. The van der Waals surface area contributed by atoms with E-state index in [9.17, 15) is 4.79 Å². The molecule has 2 aromatic rings. The van der Waals surface area contributed by atoms with Crippen molar-refractivity contribution in [2.75, 3.05) is 5.32 Å². The molecule has 2 heteroatoms. The van der Waals surface area contributed by atoms with E-state index in [1.165, 1.54) is 41.5 Å². The van der Waals surface area contributed by atoms with Crippen molar-refractivity contribution in [1.29, 1.82) is 0 Å². The molecule has 0 saturated heterocycles. The summed E-state index contributed by atoms with van der Waals surface area (Å²) in [5.74, 6) is 1.69. The van der Waals surface area contributed by atoms with E-state index in [0.29, 0.717) is 6.42 Å². The van der Waals surface area contributed by atoms with Gasteiger partial charge in [-0.3, -0.25) is 4.79 Å². The van der Waals surface area contributed by atoms with Crippen molar-refractivity contribution in [3.8, 4) is 0 Å². The summed E-state index contributed by atoms with van der Waals surface area (Å²) in [4.78, 5) is 12.5. The maximum absolute atomic E-state index is 12.5. The van der Waals surface area contributed by atoms with Crippen molar-refractivity contribution in [2.45, 2.75) is 65.7 Å². The molecule has 4 atom stereocenters. The Morgan fingerprint density at radius 2 is 1.77 bits per heavy atom. The summed E-state index contributed by atoms with van der Waals surface area (Å²) >= 11 is 0. The van der Waals surface area contributed by atoms with Gasteiger partial charge in [0.2, 0.25) is 5.91 Å².